The van der Waals surface area contributed by atoms with Gasteiger partial charge in [-0.15, -0.1) is 0 Å². The minimum atomic E-state index is -0.286. The van der Waals surface area contributed by atoms with Crippen molar-refractivity contribution in [1.29, 1.82) is 0 Å². The van der Waals surface area contributed by atoms with Crippen molar-refractivity contribution in [3.8, 4) is 23.3 Å². The minimum absolute atomic E-state index is 0.0608. The maximum atomic E-state index is 12.4. The maximum absolute atomic E-state index is 12.4. The third kappa shape index (κ3) is 5.53. The summed E-state index contributed by atoms with van der Waals surface area (Å²) in [6, 6.07) is 16.0. The zero-order valence-corrected chi connectivity index (χ0v) is 15.7. The summed E-state index contributed by atoms with van der Waals surface area (Å²) in [5.74, 6) is 6.92. The molecule has 1 amide bonds. The van der Waals surface area contributed by atoms with Gasteiger partial charge < -0.3 is 15.2 Å². The molecule has 1 aliphatic heterocycles. The second kappa shape index (κ2) is 9.15. The summed E-state index contributed by atoms with van der Waals surface area (Å²) in [5, 5.41) is 12.5. The number of aromatic hydroxyl groups is 1. The van der Waals surface area contributed by atoms with Gasteiger partial charge in [-0.2, -0.15) is 0 Å². The van der Waals surface area contributed by atoms with Crippen molar-refractivity contribution in [1.82, 2.24) is 5.32 Å². The fraction of sp³-hybridized carbons (Fsp3) is 0.238. The van der Waals surface area contributed by atoms with E-state index in [1.54, 1.807) is 24.3 Å². The Kier molecular flexibility index (Phi) is 6.39. The number of aliphatic imine (C=N–C) groups is 1. The maximum Gasteiger partial charge on any atom is 0.235 e. The Morgan fingerprint density at radius 3 is 2.67 bits per heavy atom. The van der Waals surface area contributed by atoms with E-state index in [4.69, 9.17) is 4.74 Å². The highest BCUT2D eigenvalue weighted by Crippen LogP contribution is 2.26. The number of nitrogens with one attached hydrogen (secondary N) is 1. The molecule has 2 unspecified atom stereocenters. The predicted molar refractivity (Wildman–Crippen MR) is 108 cm³/mol. The molecule has 0 spiro atoms. The van der Waals surface area contributed by atoms with Gasteiger partial charge in [0, 0.05) is 5.56 Å². The third-order valence-electron chi connectivity index (χ3n) is 3.85. The summed E-state index contributed by atoms with van der Waals surface area (Å²) >= 11 is 1.38. The average molecular weight is 380 g/mol. The number of benzene rings is 2. The van der Waals surface area contributed by atoms with E-state index in [0.717, 1.165) is 11.3 Å². The molecule has 1 aliphatic rings. The summed E-state index contributed by atoms with van der Waals surface area (Å²) in [6.45, 7) is 2.76. The fourth-order valence-corrected chi connectivity index (χ4v) is 3.49. The van der Waals surface area contributed by atoms with Gasteiger partial charge in [0.1, 0.15) is 28.4 Å². The molecular weight excluding hydrogens is 360 g/mol. The van der Waals surface area contributed by atoms with Gasteiger partial charge in [-0.3, -0.25) is 9.79 Å². The van der Waals surface area contributed by atoms with Gasteiger partial charge in [-0.05, 0) is 49.2 Å². The van der Waals surface area contributed by atoms with Crippen LogP contribution in [0.3, 0.4) is 0 Å². The molecule has 138 valence electrons. The fourth-order valence-electron chi connectivity index (χ4n) is 2.47. The molecule has 2 atom stereocenters. The molecule has 0 saturated carbocycles. The lowest BCUT2D eigenvalue weighted by Crippen LogP contribution is -2.38. The number of amides is 1. The van der Waals surface area contributed by atoms with Gasteiger partial charge in [0.15, 0.2) is 0 Å². The number of carbonyl (C=O) groups is 1. The van der Waals surface area contributed by atoms with Crippen LogP contribution in [0.2, 0.25) is 0 Å². The normalized spacial score (nSPS) is 18.2. The summed E-state index contributed by atoms with van der Waals surface area (Å²) in [5.41, 5.74) is 0.787. The molecule has 6 heteroatoms. The average Bonchev–Trinajstić information content (AvgIpc) is 3.06. The van der Waals surface area contributed by atoms with Crippen LogP contribution in [0.1, 0.15) is 12.5 Å². The summed E-state index contributed by atoms with van der Waals surface area (Å²) in [6.07, 6.45) is 0. The van der Waals surface area contributed by atoms with Gasteiger partial charge in [-0.1, -0.05) is 35.9 Å². The highest BCUT2D eigenvalue weighted by Gasteiger charge is 2.32. The van der Waals surface area contributed by atoms with Crippen molar-refractivity contribution in [2.45, 2.75) is 18.2 Å². The summed E-state index contributed by atoms with van der Waals surface area (Å²) in [4.78, 5) is 16.9. The highest BCUT2D eigenvalue weighted by molar-refractivity contribution is 8.16. The molecule has 0 fully saturated rings. The Morgan fingerprint density at radius 1 is 1.19 bits per heavy atom. The molecule has 0 aliphatic carbocycles. The van der Waals surface area contributed by atoms with Crippen LogP contribution in [0, 0.1) is 11.8 Å². The summed E-state index contributed by atoms with van der Waals surface area (Å²) < 4.78 is 5.57. The van der Waals surface area contributed by atoms with Crippen molar-refractivity contribution >= 4 is 22.7 Å². The van der Waals surface area contributed by atoms with Crippen LogP contribution in [-0.4, -0.2) is 40.5 Å². The van der Waals surface area contributed by atoms with Crippen molar-refractivity contribution in [3.05, 3.63) is 60.2 Å². The van der Waals surface area contributed by atoms with Crippen LogP contribution < -0.4 is 10.1 Å². The van der Waals surface area contributed by atoms with Gasteiger partial charge >= 0.3 is 0 Å². The van der Waals surface area contributed by atoms with E-state index in [1.165, 1.54) is 11.8 Å². The molecule has 1 heterocycles. The van der Waals surface area contributed by atoms with Crippen molar-refractivity contribution in [2.75, 3.05) is 13.2 Å². The number of phenols is 1. The van der Waals surface area contributed by atoms with Gasteiger partial charge in [0.05, 0.1) is 12.6 Å². The molecule has 0 radical (unpaired) electrons. The first-order valence-corrected chi connectivity index (χ1v) is 9.51. The van der Waals surface area contributed by atoms with Crippen molar-refractivity contribution < 1.29 is 14.6 Å². The zero-order chi connectivity index (χ0) is 19.1. The molecule has 0 saturated heterocycles. The summed E-state index contributed by atoms with van der Waals surface area (Å²) in [7, 11) is 0. The minimum Gasteiger partial charge on any atom is -0.508 e. The van der Waals surface area contributed by atoms with Crippen LogP contribution in [0.4, 0.5) is 0 Å². The smallest absolute Gasteiger partial charge is 0.235 e. The number of carbonyl (C=O) groups excluding carboxylic acids is 1. The third-order valence-corrected chi connectivity index (χ3v) is 5.14. The SMILES string of the molecule is CC1N=C(C#Cc2ccc(O)cc2)SC1C(=O)NCCOc1ccccc1. The van der Waals surface area contributed by atoms with Crippen LogP contribution in [0.5, 0.6) is 11.5 Å². The van der Waals surface area contributed by atoms with E-state index in [1.807, 2.05) is 37.3 Å². The molecule has 0 bridgehead atoms. The molecule has 0 aromatic heterocycles. The predicted octanol–water partition coefficient (Wildman–Crippen LogP) is 2.84. The Balaban J connectivity index is 1.46. The van der Waals surface area contributed by atoms with Crippen molar-refractivity contribution in [2.24, 2.45) is 4.99 Å². The number of rotatable bonds is 5. The molecule has 5 nitrogen and oxygen atoms in total. The van der Waals surface area contributed by atoms with Gasteiger partial charge in [-0.25, -0.2) is 0 Å². The zero-order valence-electron chi connectivity index (χ0n) is 14.9. The Morgan fingerprint density at radius 2 is 1.93 bits per heavy atom. The molecular formula is C21H20N2O3S. The van der Waals surface area contributed by atoms with E-state index in [2.05, 4.69) is 22.2 Å². The van der Waals surface area contributed by atoms with E-state index in [0.29, 0.717) is 18.2 Å². The molecule has 3 rings (SSSR count). The number of para-hydroxylation sites is 1. The number of nitrogens with zero attached hydrogens (tertiary/aromatic N) is 1. The molecule has 2 N–H and O–H groups in total. The molecule has 2 aromatic rings. The number of hydrogen-bond donors (Lipinski definition) is 2. The second-order valence-corrected chi connectivity index (χ2v) is 7.09. The lowest BCUT2D eigenvalue weighted by Gasteiger charge is -2.13. The number of phenolic OH excluding ortho intramolecular Hbond substituents is 1. The first-order chi connectivity index (χ1) is 13.1. The van der Waals surface area contributed by atoms with E-state index in [-0.39, 0.29) is 22.9 Å². The number of hydrogen-bond acceptors (Lipinski definition) is 5. The first kappa shape index (κ1) is 18.9. The van der Waals surface area contributed by atoms with Crippen LogP contribution in [0.25, 0.3) is 0 Å². The number of thioether (sulfide) groups is 1. The molecule has 2 aromatic carbocycles. The first-order valence-electron chi connectivity index (χ1n) is 8.63. The Hall–Kier alpha value is -2.91. The Labute approximate surface area is 162 Å². The van der Waals surface area contributed by atoms with Gasteiger partial charge in [0.2, 0.25) is 5.91 Å². The lowest BCUT2D eigenvalue weighted by atomic mass is 10.2. The Bertz CT molecular complexity index is 870. The largest absolute Gasteiger partial charge is 0.508 e. The standard InChI is InChI=1S/C21H20N2O3S/c1-15-20(21(25)22-13-14-26-18-5-3-2-4-6-18)27-19(23-15)12-9-16-7-10-17(24)11-8-16/h2-8,10-11,15,20,24H,13-14H2,1H3,(H,22,25). The van der Waals surface area contributed by atoms with Crippen molar-refractivity contribution in [3.63, 3.8) is 0 Å². The van der Waals surface area contributed by atoms with E-state index < -0.39 is 0 Å². The molecule has 27 heavy (non-hydrogen) atoms. The van der Waals surface area contributed by atoms with Crippen LogP contribution in [0.15, 0.2) is 59.6 Å². The topological polar surface area (TPSA) is 70.9 Å². The number of ether oxygens (including phenoxy) is 1. The second-order valence-electron chi connectivity index (χ2n) is 5.96. The quantitative estimate of drug-likeness (QED) is 0.618. The van der Waals surface area contributed by atoms with Gasteiger partial charge in [0.25, 0.3) is 0 Å². The van der Waals surface area contributed by atoms with E-state index >= 15 is 0 Å². The van der Waals surface area contributed by atoms with Crippen LogP contribution >= 0.6 is 11.8 Å². The highest BCUT2D eigenvalue weighted by atomic mass is 32.2. The lowest BCUT2D eigenvalue weighted by molar-refractivity contribution is -0.120. The van der Waals surface area contributed by atoms with Crippen LogP contribution in [-0.2, 0) is 4.79 Å². The monoisotopic (exact) mass is 380 g/mol. The van der Waals surface area contributed by atoms with E-state index in [9.17, 15) is 9.90 Å².